The van der Waals surface area contributed by atoms with Crippen LogP contribution >= 0.6 is 0 Å². The lowest BCUT2D eigenvalue weighted by Gasteiger charge is -2.29. The maximum atomic E-state index is 12.1. The zero-order valence-corrected chi connectivity index (χ0v) is 17.7. The summed E-state index contributed by atoms with van der Waals surface area (Å²) < 4.78 is 6.28. The molecule has 0 saturated carbocycles. The van der Waals surface area contributed by atoms with Gasteiger partial charge in [0.15, 0.2) is 0 Å². The highest BCUT2D eigenvalue weighted by Gasteiger charge is 2.22. The second-order valence-corrected chi connectivity index (χ2v) is 8.39. The molecule has 158 valence electrons. The van der Waals surface area contributed by atoms with Crippen LogP contribution in [0.2, 0.25) is 0 Å². The van der Waals surface area contributed by atoms with Crippen molar-refractivity contribution in [3.05, 3.63) is 35.9 Å². The van der Waals surface area contributed by atoms with Crippen molar-refractivity contribution in [2.75, 3.05) is 34.3 Å². The molecule has 0 aliphatic heterocycles. The summed E-state index contributed by atoms with van der Waals surface area (Å²) >= 11 is 0. The Bertz CT molecular complexity index is 570. The number of nitrogens with one attached hydrogen (secondary N) is 1. The topological polar surface area (TPSA) is 75.6 Å². The fraction of sp³-hybridized carbons (Fsp3) is 0.636. The third-order valence-corrected chi connectivity index (χ3v) is 4.36. The summed E-state index contributed by atoms with van der Waals surface area (Å²) in [6, 6.07) is 9.83. The number of aliphatic carboxylic acids is 1. The molecule has 2 N–H and O–H groups in total. The molecule has 0 aliphatic rings. The third-order valence-electron chi connectivity index (χ3n) is 4.36. The first kappa shape index (κ1) is 24.1. The lowest BCUT2D eigenvalue weighted by atomic mass is 10.1. The third kappa shape index (κ3) is 13.3. The number of hydrogen-bond donors (Lipinski definition) is 2. The van der Waals surface area contributed by atoms with E-state index in [0.29, 0.717) is 24.1 Å². The Kier molecular flexibility index (Phi) is 11.4. The van der Waals surface area contributed by atoms with E-state index in [1.807, 2.05) is 39.3 Å². The van der Waals surface area contributed by atoms with Gasteiger partial charge in [0, 0.05) is 13.0 Å². The van der Waals surface area contributed by atoms with Gasteiger partial charge in [-0.15, -0.1) is 0 Å². The molecule has 0 heterocycles. The smallest absolute Gasteiger partial charge is 0.305 e. The standard InChI is InChI=1S/C22H36N2O4/c1-24(2,3)17-20(16-22(26)27)23-21(25)14-10-5-4-6-11-15-28-18-19-12-8-7-9-13-19/h7-9,12-13,20H,4-6,10-11,14-18H2,1-3H3,(H-,23,25,26,27)/p+1/t20-/m1/s1. The van der Waals surface area contributed by atoms with Crippen molar-refractivity contribution in [1.29, 1.82) is 0 Å². The molecule has 0 saturated heterocycles. The molecule has 1 amide bonds. The molecular formula is C22H37N2O4+. The molecule has 1 aromatic carbocycles. The summed E-state index contributed by atoms with van der Waals surface area (Å²) in [6.45, 7) is 2.02. The van der Waals surface area contributed by atoms with Crippen molar-refractivity contribution < 1.29 is 23.9 Å². The Labute approximate surface area is 169 Å². The fourth-order valence-electron chi connectivity index (χ4n) is 3.12. The second kappa shape index (κ2) is 13.3. The number of likely N-dealkylation sites (N-methyl/N-ethyl adjacent to an activating group) is 1. The Morgan fingerprint density at radius 2 is 1.68 bits per heavy atom. The highest BCUT2D eigenvalue weighted by Crippen LogP contribution is 2.08. The monoisotopic (exact) mass is 393 g/mol. The van der Waals surface area contributed by atoms with Gasteiger partial charge in [-0.25, -0.2) is 0 Å². The van der Waals surface area contributed by atoms with E-state index in [1.165, 1.54) is 5.56 Å². The summed E-state index contributed by atoms with van der Waals surface area (Å²) in [5, 5.41) is 11.9. The van der Waals surface area contributed by atoms with Crippen LogP contribution in [0.25, 0.3) is 0 Å². The minimum absolute atomic E-state index is 0.0375. The highest BCUT2D eigenvalue weighted by atomic mass is 16.5. The van der Waals surface area contributed by atoms with Crippen LogP contribution in [0.1, 0.15) is 50.5 Å². The van der Waals surface area contributed by atoms with Crippen LogP contribution in [0.5, 0.6) is 0 Å². The number of carboxylic acids is 1. The molecule has 0 fully saturated rings. The average molecular weight is 394 g/mol. The van der Waals surface area contributed by atoms with Crippen molar-refractivity contribution in [3.63, 3.8) is 0 Å². The number of nitrogens with zero attached hydrogens (tertiary/aromatic N) is 1. The van der Waals surface area contributed by atoms with Crippen molar-refractivity contribution >= 4 is 11.9 Å². The number of amides is 1. The largest absolute Gasteiger partial charge is 0.481 e. The Hall–Kier alpha value is -1.92. The Balaban J connectivity index is 2.06. The minimum atomic E-state index is -0.881. The fourth-order valence-corrected chi connectivity index (χ4v) is 3.12. The minimum Gasteiger partial charge on any atom is -0.481 e. The van der Waals surface area contributed by atoms with E-state index in [4.69, 9.17) is 9.84 Å². The maximum Gasteiger partial charge on any atom is 0.305 e. The molecule has 6 nitrogen and oxygen atoms in total. The van der Waals surface area contributed by atoms with Crippen LogP contribution in [-0.2, 0) is 20.9 Å². The van der Waals surface area contributed by atoms with E-state index in [2.05, 4.69) is 17.4 Å². The zero-order chi connectivity index (χ0) is 20.8. The number of ether oxygens (including phenoxy) is 1. The summed E-state index contributed by atoms with van der Waals surface area (Å²) in [7, 11) is 5.97. The number of quaternary nitrogens is 1. The number of rotatable bonds is 15. The second-order valence-electron chi connectivity index (χ2n) is 8.39. The van der Waals surface area contributed by atoms with Gasteiger partial charge in [-0.05, 0) is 18.4 Å². The molecular weight excluding hydrogens is 356 g/mol. The molecule has 6 heteroatoms. The molecule has 0 aromatic heterocycles. The molecule has 1 atom stereocenters. The van der Waals surface area contributed by atoms with Crippen LogP contribution in [-0.4, -0.2) is 61.8 Å². The van der Waals surface area contributed by atoms with Crippen molar-refractivity contribution in [2.24, 2.45) is 0 Å². The Morgan fingerprint density at radius 1 is 1.04 bits per heavy atom. The van der Waals surface area contributed by atoms with Crippen LogP contribution in [0.15, 0.2) is 30.3 Å². The van der Waals surface area contributed by atoms with Gasteiger partial charge in [0.2, 0.25) is 5.91 Å². The predicted molar refractivity (Wildman–Crippen MR) is 111 cm³/mol. The van der Waals surface area contributed by atoms with Crippen LogP contribution < -0.4 is 5.32 Å². The lowest BCUT2D eigenvalue weighted by molar-refractivity contribution is -0.871. The number of carbonyl (C=O) groups is 2. The molecule has 28 heavy (non-hydrogen) atoms. The number of carboxylic acid groups (broad SMARTS) is 1. The van der Waals surface area contributed by atoms with Gasteiger partial charge in [-0.2, -0.15) is 0 Å². The molecule has 0 spiro atoms. The first-order valence-electron chi connectivity index (χ1n) is 10.2. The van der Waals surface area contributed by atoms with E-state index in [-0.39, 0.29) is 18.4 Å². The normalized spacial score (nSPS) is 12.5. The Morgan fingerprint density at radius 3 is 2.32 bits per heavy atom. The number of benzene rings is 1. The maximum absolute atomic E-state index is 12.1. The van der Waals surface area contributed by atoms with Crippen molar-refractivity contribution in [3.8, 4) is 0 Å². The van der Waals surface area contributed by atoms with Crippen molar-refractivity contribution in [1.82, 2.24) is 5.32 Å². The zero-order valence-electron chi connectivity index (χ0n) is 17.7. The van der Waals surface area contributed by atoms with Gasteiger partial charge < -0.3 is 19.6 Å². The average Bonchev–Trinajstić information content (AvgIpc) is 2.59. The molecule has 0 bridgehead atoms. The predicted octanol–water partition coefficient (Wildman–Crippen LogP) is 3.21. The van der Waals surface area contributed by atoms with Crippen molar-refractivity contribution in [2.45, 2.75) is 57.6 Å². The number of carbonyl (C=O) groups excluding carboxylic acids is 1. The van der Waals surface area contributed by atoms with E-state index >= 15 is 0 Å². The first-order chi connectivity index (χ1) is 13.3. The summed E-state index contributed by atoms with van der Waals surface area (Å²) in [4.78, 5) is 23.1. The molecule has 1 rings (SSSR count). The van der Waals surface area contributed by atoms with Gasteiger partial charge in [0.25, 0.3) is 0 Å². The number of hydrogen-bond acceptors (Lipinski definition) is 3. The van der Waals surface area contributed by atoms with E-state index in [0.717, 1.165) is 38.7 Å². The van der Waals surface area contributed by atoms with E-state index < -0.39 is 5.97 Å². The molecule has 0 radical (unpaired) electrons. The first-order valence-corrected chi connectivity index (χ1v) is 10.2. The summed E-state index contributed by atoms with van der Waals surface area (Å²) in [6.07, 6.45) is 5.47. The van der Waals surface area contributed by atoms with Crippen LogP contribution in [0, 0.1) is 0 Å². The van der Waals surface area contributed by atoms with Gasteiger partial charge in [0.05, 0.1) is 46.8 Å². The van der Waals surface area contributed by atoms with E-state index in [9.17, 15) is 9.59 Å². The van der Waals surface area contributed by atoms with Gasteiger partial charge in [-0.1, -0.05) is 49.6 Å². The van der Waals surface area contributed by atoms with Crippen LogP contribution in [0.4, 0.5) is 0 Å². The van der Waals surface area contributed by atoms with Gasteiger partial charge in [-0.3, -0.25) is 9.59 Å². The highest BCUT2D eigenvalue weighted by molar-refractivity contribution is 5.77. The van der Waals surface area contributed by atoms with E-state index in [1.54, 1.807) is 0 Å². The van der Waals surface area contributed by atoms with Gasteiger partial charge >= 0.3 is 5.97 Å². The molecule has 0 unspecified atom stereocenters. The molecule has 0 aliphatic carbocycles. The summed E-state index contributed by atoms with van der Waals surface area (Å²) in [5.74, 6) is -0.931. The number of unbranched alkanes of at least 4 members (excludes halogenated alkanes) is 4. The van der Waals surface area contributed by atoms with Crippen LogP contribution in [0.3, 0.4) is 0 Å². The molecule has 1 aromatic rings. The quantitative estimate of drug-likeness (QED) is 0.354. The SMILES string of the molecule is C[N+](C)(C)C[C@@H](CC(=O)O)NC(=O)CCCCCCCOCc1ccccc1. The lowest BCUT2D eigenvalue weighted by Crippen LogP contribution is -2.49. The van der Waals surface area contributed by atoms with Gasteiger partial charge in [0.1, 0.15) is 0 Å². The summed E-state index contributed by atoms with van der Waals surface area (Å²) in [5.41, 5.74) is 1.19.